The van der Waals surface area contributed by atoms with Gasteiger partial charge in [0, 0.05) is 17.4 Å². The van der Waals surface area contributed by atoms with Gasteiger partial charge in [-0.2, -0.15) is 0 Å². The summed E-state index contributed by atoms with van der Waals surface area (Å²) in [6.45, 7) is 10.1. The second-order valence-corrected chi connectivity index (χ2v) is 5.77. The van der Waals surface area contributed by atoms with Crippen molar-refractivity contribution in [2.45, 2.75) is 59.3 Å². The number of esters is 1. The molecule has 0 aromatic carbocycles. The van der Waals surface area contributed by atoms with Crippen molar-refractivity contribution >= 4 is 11.8 Å². The molecular formula is C16H26O3. The molecule has 0 amide bonds. The Hall–Kier alpha value is -1.12. The van der Waals surface area contributed by atoms with Crippen LogP contribution in [0.3, 0.4) is 0 Å². The summed E-state index contributed by atoms with van der Waals surface area (Å²) in [6, 6.07) is 0. The molecule has 1 aliphatic rings. The molecule has 3 nitrogen and oxygen atoms in total. The average Bonchev–Trinajstić information content (AvgIpc) is 2.39. The van der Waals surface area contributed by atoms with E-state index in [4.69, 9.17) is 4.74 Å². The van der Waals surface area contributed by atoms with E-state index in [1.54, 1.807) is 6.92 Å². The average molecular weight is 266 g/mol. The Labute approximate surface area is 116 Å². The SMILES string of the molecule is C=C(C(=O)OCC)[C@@H]1CC[C@@](C)(CCCC)C(=O)C1. The number of ether oxygens (including phenoxy) is 1. The maximum Gasteiger partial charge on any atom is 0.333 e. The standard InChI is InChI=1S/C16H26O3/c1-5-7-9-16(4)10-8-13(11-14(16)17)12(3)15(18)19-6-2/h13H,3,5-11H2,1-2,4H3/t13-,16-/m1/s1. The third-order valence-electron chi connectivity index (χ3n) is 4.26. The van der Waals surface area contributed by atoms with E-state index in [9.17, 15) is 9.59 Å². The zero-order valence-corrected chi connectivity index (χ0v) is 12.5. The Morgan fingerprint density at radius 3 is 2.68 bits per heavy atom. The second-order valence-electron chi connectivity index (χ2n) is 5.77. The van der Waals surface area contributed by atoms with Gasteiger partial charge in [0.2, 0.25) is 0 Å². The number of rotatable bonds is 6. The lowest BCUT2D eigenvalue weighted by Gasteiger charge is -2.36. The third kappa shape index (κ3) is 3.92. The van der Waals surface area contributed by atoms with E-state index < -0.39 is 0 Å². The summed E-state index contributed by atoms with van der Waals surface area (Å²) in [5.74, 6) is -0.0960. The Balaban J connectivity index is 2.60. The van der Waals surface area contributed by atoms with Gasteiger partial charge in [-0.15, -0.1) is 0 Å². The smallest absolute Gasteiger partial charge is 0.333 e. The quantitative estimate of drug-likeness (QED) is 0.544. The molecule has 0 saturated heterocycles. The van der Waals surface area contributed by atoms with Crippen LogP contribution >= 0.6 is 0 Å². The number of carbonyl (C=O) groups is 2. The first kappa shape index (κ1) is 15.9. The highest BCUT2D eigenvalue weighted by atomic mass is 16.5. The van der Waals surface area contributed by atoms with Crippen LogP contribution in [0.1, 0.15) is 59.3 Å². The lowest BCUT2D eigenvalue weighted by molar-refractivity contribution is -0.139. The molecule has 2 atom stereocenters. The summed E-state index contributed by atoms with van der Waals surface area (Å²) in [6.07, 6.45) is 5.32. The molecule has 1 rings (SSSR count). The van der Waals surface area contributed by atoms with Gasteiger partial charge in [0.1, 0.15) is 5.78 Å². The van der Waals surface area contributed by atoms with E-state index >= 15 is 0 Å². The molecule has 0 aliphatic heterocycles. The van der Waals surface area contributed by atoms with Crippen molar-refractivity contribution in [1.29, 1.82) is 0 Å². The van der Waals surface area contributed by atoms with Crippen LogP contribution in [0.2, 0.25) is 0 Å². The molecule has 3 heteroatoms. The fourth-order valence-electron chi connectivity index (χ4n) is 2.72. The van der Waals surface area contributed by atoms with Crippen LogP contribution in [0.25, 0.3) is 0 Å². The van der Waals surface area contributed by atoms with Crippen molar-refractivity contribution in [3.05, 3.63) is 12.2 Å². The first-order valence-electron chi connectivity index (χ1n) is 7.33. The van der Waals surface area contributed by atoms with E-state index in [-0.39, 0.29) is 23.1 Å². The molecule has 0 radical (unpaired) electrons. The number of carbonyl (C=O) groups excluding carboxylic acids is 2. The van der Waals surface area contributed by atoms with Crippen molar-refractivity contribution in [2.75, 3.05) is 6.61 Å². The Morgan fingerprint density at radius 2 is 2.16 bits per heavy atom. The molecule has 1 fully saturated rings. The van der Waals surface area contributed by atoms with Crippen molar-refractivity contribution < 1.29 is 14.3 Å². The van der Waals surface area contributed by atoms with E-state index in [1.807, 2.05) is 0 Å². The highest BCUT2D eigenvalue weighted by Gasteiger charge is 2.39. The molecule has 0 aromatic heterocycles. The maximum atomic E-state index is 12.3. The molecular weight excluding hydrogens is 240 g/mol. The lowest BCUT2D eigenvalue weighted by atomic mass is 9.67. The van der Waals surface area contributed by atoms with Crippen LogP contribution in [0, 0.1) is 11.3 Å². The predicted octanol–water partition coefficient (Wildman–Crippen LogP) is 3.67. The molecule has 108 valence electrons. The van der Waals surface area contributed by atoms with Crippen LogP contribution in [0.5, 0.6) is 0 Å². The number of unbranched alkanes of at least 4 members (excludes halogenated alkanes) is 1. The van der Waals surface area contributed by atoms with E-state index in [1.165, 1.54) is 0 Å². The third-order valence-corrected chi connectivity index (χ3v) is 4.26. The highest BCUT2D eigenvalue weighted by molar-refractivity contribution is 5.91. The van der Waals surface area contributed by atoms with Crippen LogP contribution in [0.4, 0.5) is 0 Å². The second kappa shape index (κ2) is 6.88. The fourth-order valence-corrected chi connectivity index (χ4v) is 2.72. The molecule has 1 aliphatic carbocycles. The molecule has 0 heterocycles. The minimum atomic E-state index is -0.350. The Bertz CT molecular complexity index is 359. The summed E-state index contributed by atoms with van der Waals surface area (Å²) in [5, 5.41) is 0. The van der Waals surface area contributed by atoms with Gasteiger partial charge >= 0.3 is 5.97 Å². The van der Waals surface area contributed by atoms with Gasteiger partial charge in [-0.05, 0) is 32.1 Å². The summed E-state index contributed by atoms with van der Waals surface area (Å²) in [7, 11) is 0. The minimum Gasteiger partial charge on any atom is -0.463 e. The van der Waals surface area contributed by atoms with Crippen LogP contribution < -0.4 is 0 Å². The predicted molar refractivity (Wildman–Crippen MR) is 75.8 cm³/mol. The Morgan fingerprint density at radius 1 is 1.47 bits per heavy atom. The monoisotopic (exact) mass is 266 g/mol. The maximum absolute atomic E-state index is 12.3. The first-order valence-corrected chi connectivity index (χ1v) is 7.33. The van der Waals surface area contributed by atoms with E-state index in [2.05, 4.69) is 20.4 Å². The minimum absolute atomic E-state index is 0.0266. The highest BCUT2D eigenvalue weighted by Crippen LogP contribution is 2.41. The van der Waals surface area contributed by atoms with Crippen LogP contribution in [0.15, 0.2) is 12.2 Å². The van der Waals surface area contributed by atoms with Gasteiger partial charge in [0.15, 0.2) is 0 Å². The molecule has 0 N–H and O–H groups in total. The van der Waals surface area contributed by atoms with E-state index in [0.29, 0.717) is 18.6 Å². The van der Waals surface area contributed by atoms with Gasteiger partial charge in [-0.25, -0.2) is 4.79 Å². The summed E-state index contributed by atoms with van der Waals surface area (Å²) >= 11 is 0. The van der Waals surface area contributed by atoms with Crippen molar-refractivity contribution in [3.63, 3.8) is 0 Å². The van der Waals surface area contributed by atoms with Gasteiger partial charge in [-0.1, -0.05) is 33.3 Å². The lowest BCUT2D eigenvalue weighted by Crippen LogP contribution is -2.36. The molecule has 19 heavy (non-hydrogen) atoms. The Kier molecular flexibility index (Phi) is 5.77. The van der Waals surface area contributed by atoms with Gasteiger partial charge < -0.3 is 4.74 Å². The summed E-state index contributed by atoms with van der Waals surface area (Å²) in [5.41, 5.74) is 0.272. The van der Waals surface area contributed by atoms with Gasteiger partial charge in [0.25, 0.3) is 0 Å². The molecule has 1 saturated carbocycles. The van der Waals surface area contributed by atoms with Crippen molar-refractivity contribution in [2.24, 2.45) is 11.3 Å². The zero-order chi connectivity index (χ0) is 14.5. The van der Waals surface area contributed by atoms with Crippen molar-refractivity contribution in [3.8, 4) is 0 Å². The van der Waals surface area contributed by atoms with Crippen LogP contribution in [-0.4, -0.2) is 18.4 Å². The molecule has 0 unspecified atom stereocenters. The van der Waals surface area contributed by atoms with Gasteiger partial charge in [0.05, 0.1) is 6.61 Å². The zero-order valence-electron chi connectivity index (χ0n) is 12.5. The number of hydrogen-bond donors (Lipinski definition) is 0. The first-order chi connectivity index (χ1) is 8.94. The number of hydrogen-bond acceptors (Lipinski definition) is 3. The topological polar surface area (TPSA) is 43.4 Å². The molecule has 0 bridgehead atoms. The molecule has 0 spiro atoms. The van der Waals surface area contributed by atoms with E-state index in [0.717, 1.165) is 32.1 Å². The van der Waals surface area contributed by atoms with Crippen molar-refractivity contribution in [1.82, 2.24) is 0 Å². The number of ketones is 1. The fraction of sp³-hybridized carbons (Fsp3) is 0.750. The largest absolute Gasteiger partial charge is 0.463 e. The van der Waals surface area contributed by atoms with Crippen LogP contribution in [-0.2, 0) is 14.3 Å². The van der Waals surface area contributed by atoms with Gasteiger partial charge in [-0.3, -0.25) is 4.79 Å². The number of Topliss-reactive ketones (excluding diaryl/α,β-unsaturated/α-hetero) is 1. The normalized spacial score (nSPS) is 27.1. The summed E-state index contributed by atoms with van der Waals surface area (Å²) < 4.78 is 4.96. The summed E-state index contributed by atoms with van der Waals surface area (Å²) in [4.78, 5) is 24.0. The molecule has 0 aromatic rings.